The number of hydrogen-bond acceptors (Lipinski definition) is 4. The summed E-state index contributed by atoms with van der Waals surface area (Å²) in [7, 11) is 0. The second-order valence-corrected chi connectivity index (χ2v) is 4.78. The molecule has 0 saturated heterocycles. The van der Waals surface area contributed by atoms with Crippen molar-refractivity contribution in [3.8, 4) is 0 Å². The molecule has 0 amide bonds. The quantitative estimate of drug-likeness (QED) is 0.840. The minimum Gasteiger partial charge on any atom is -0.364 e. The fourth-order valence-electron chi connectivity index (χ4n) is 2.21. The molecule has 5 heteroatoms. The molecular weight excluding hydrogens is 250 g/mol. The summed E-state index contributed by atoms with van der Waals surface area (Å²) in [4.78, 5) is 6.66. The molecule has 108 valence electrons. The maximum absolute atomic E-state index is 5.64. The van der Waals surface area contributed by atoms with E-state index in [1.807, 2.05) is 4.68 Å². The number of aryl methyl sites for hydroxylation is 1. The number of rotatable bonds is 7. The molecular formula is C15H23N5. The van der Waals surface area contributed by atoms with Gasteiger partial charge < -0.3 is 10.6 Å². The van der Waals surface area contributed by atoms with E-state index in [9.17, 15) is 0 Å². The van der Waals surface area contributed by atoms with Crippen molar-refractivity contribution < 1.29 is 0 Å². The van der Waals surface area contributed by atoms with Gasteiger partial charge in [0.25, 0.3) is 0 Å². The van der Waals surface area contributed by atoms with Crippen LogP contribution in [0.2, 0.25) is 0 Å². The van der Waals surface area contributed by atoms with Crippen molar-refractivity contribution in [1.29, 1.82) is 0 Å². The van der Waals surface area contributed by atoms with Gasteiger partial charge in [0, 0.05) is 25.3 Å². The van der Waals surface area contributed by atoms with Crippen molar-refractivity contribution in [3.05, 3.63) is 42.0 Å². The molecule has 0 bridgehead atoms. The van der Waals surface area contributed by atoms with E-state index in [0.717, 1.165) is 37.4 Å². The van der Waals surface area contributed by atoms with E-state index in [0.29, 0.717) is 6.54 Å². The molecule has 1 heterocycles. The van der Waals surface area contributed by atoms with Crippen LogP contribution >= 0.6 is 0 Å². The Kier molecular flexibility index (Phi) is 5.12. The highest BCUT2D eigenvalue weighted by Crippen LogP contribution is 2.17. The van der Waals surface area contributed by atoms with Gasteiger partial charge in [-0.3, -0.25) is 0 Å². The van der Waals surface area contributed by atoms with Gasteiger partial charge in [-0.2, -0.15) is 5.10 Å². The minimum atomic E-state index is 0.581. The van der Waals surface area contributed by atoms with Crippen LogP contribution in [0, 0.1) is 0 Å². The van der Waals surface area contributed by atoms with Gasteiger partial charge in [0.15, 0.2) is 0 Å². The molecule has 0 spiro atoms. The summed E-state index contributed by atoms with van der Waals surface area (Å²) in [5.74, 6) is 1.01. The van der Waals surface area contributed by atoms with Crippen molar-refractivity contribution in [2.45, 2.75) is 39.9 Å². The largest absolute Gasteiger partial charge is 0.364 e. The molecule has 0 aliphatic heterocycles. The second kappa shape index (κ2) is 7.05. The Hall–Kier alpha value is -1.88. The molecule has 0 atom stereocenters. The van der Waals surface area contributed by atoms with E-state index < -0.39 is 0 Å². The zero-order valence-corrected chi connectivity index (χ0v) is 12.3. The highest BCUT2D eigenvalue weighted by molar-refractivity contribution is 5.47. The summed E-state index contributed by atoms with van der Waals surface area (Å²) in [6.07, 6.45) is 2.70. The summed E-state index contributed by atoms with van der Waals surface area (Å²) in [6.45, 7) is 7.50. The van der Waals surface area contributed by atoms with E-state index in [-0.39, 0.29) is 0 Å². The van der Waals surface area contributed by atoms with Crippen molar-refractivity contribution in [2.75, 3.05) is 11.4 Å². The first kappa shape index (κ1) is 14.5. The summed E-state index contributed by atoms with van der Waals surface area (Å²) < 4.78 is 1.98. The van der Waals surface area contributed by atoms with Gasteiger partial charge in [0.1, 0.15) is 12.2 Å². The number of hydrogen-bond donors (Lipinski definition) is 1. The third-order valence-electron chi connectivity index (χ3n) is 3.38. The molecule has 0 fully saturated rings. The Morgan fingerprint density at radius 1 is 1.20 bits per heavy atom. The van der Waals surface area contributed by atoms with E-state index in [1.54, 1.807) is 6.33 Å². The summed E-state index contributed by atoms with van der Waals surface area (Å²) in [5, 5.41) is 4.28. The van der Waals surface area contributed by atoms with Crippen LogP contribution in [-0.4, -0.2) is 21.3 Å². The molecule has 5 nitrogen and oxygen atoms in total. The number of aromatic nitrogens is 3. The van der Waals surface area contributed by atoms with Crippen LogP contribution in [0.5, 0.6) is 0 Å². The van der Waals surface area contributed by atoms with Crippen LogP contribution in [0.4, 0.5) is 5.69 Å². The molecule has 0 unspecified atom stereocenters. The van der Waals surface area contributed by atoms with Crippen molar-refractivity contribution >= 4 is 5.69 Å². The van der Waals surface area contributed by atoms with Crippen LogP contribution in [0.15, 0.2) is 30.6 Å². The molecule has 0 aliphatic rings. The maximum atomic E-state index is 5.64. The fraction of sp³-hybridized carbons (Fsp3) is 0.467. The Morgan fingerprint density at radius 3 is 2.55 bits per heavy atom. The summed E-state index contributed by atoms with van der Waals surface area (Å²) in [6, 6.07) is 8.39. The van der Waals surface area contributed by atoms with Crippen molar-refractivity contribution in [3.63, 3.8) is 0 Å². The van der Waals surface area contributed by atoms with Gasteiger partial charge in [0.05, 0.1) is 6.54 Å². The highest BCUT2D eigenvalue weighted by atomic mass is 15.3. The molecule has 0 radical (unpaired) electrons. The van der Waals surface area contributed by atoms with Crippen LogP contribution in [0.1, 0.15) is 31.7 Å². The van der Waals surface area contributed by atoms with Gasteiger partial charge in [-0.25, -0.2) is 9.67 Å². The molecule has 2 aromatic rings. The molecule has 0 saturated carbocycles. The van der Waals surface area contributed by atoms with E-state index >= 15 is 0 Å². The van der Waals surface area contributed by atoms with Gasteiger partial charge >= 0.3 is 0 Å². The monoisotopic (exact) mass is 273 g/mol. The predicted molar refractivity (Wildman–Crippen MR) is 81.4 cm³/mol. The van der Waals surface area contributed by atoms with E-state index in [2.05, 4.69) is 53.1 Å². The fourth-order valence-corrected chi connectivity index (χ4v) is 2.21. The standard InChI is InChI=1S/C15H23N5/c1-3-9-20-15(17-12-18-20)11-19(4-2)14-7-5-13(10-16)6-8-14/h5-8,12H,3-4,9-11,16H2,1-2H3. The first-order chi connectivity index (χ1) is 9.78. The van der Waals surface area contributed by atoms with Gasteiger partial charge in [-0.05, 0) is 31.0 Å². The normalized spacial score (nSPS) is 10.8. The Labute approximate surface area is 120 Å². The molecule has 2 N–H and O–H groups in total. The maximum Gasteiger partial charge on any atom is 0.146 e. The Balaban J connectivity index is 2.13. The number of anilines is 1. The van der Waals surface area contributed by atoms with E-state index in [1.165, 1.54) is 5.69 Å². The van der Waals surface area contributed by atoms with Crippen LogP contribution in [-0.2, 0) is 19.6 Å². The third kappa shape index (κ3) is 3.36. The van der Waals surface area contributed by atoms with Gasteiger partial charge in [-0.15, -0.1) is 0 Å². The molecule has 1 aromatic heterocycles. The average Bonchev–Trinajstić information content (AvgIpc) is 2.92. The van der Waals surface area contributed by atoms with Crippen molar-refractivity contribution in [1.82, 2.24) is 14.8 Å². The van der Waals surface area contributed by atoms with Crippen LogP contribution < -0.4 is 10.6 Å². The van der Waals surface area contributed by atoms with Gasteiger partial charge in [0.2, 0.25) is 0 Å². The Bertz CT molecular complexity index is 517. The Morgan fingerprint density at radius 2 is 1.95 bits per heavy atom. The zero-order valence-electron chi connectivity index (χ0n) is 12.3. The average molecular weight is 273 g/mol. The molecule has 20 heavy (non-hydrogen) atoms. The first-order valence-corrected chi connectivity index (χ1v) is 7.19. The summed E-state index contributed by atoms with van der Waals surface area (Å²) >= 11 is 0. The lowest BCUT2D eigenvalue weighted by atomic mass is 10.2. The third-order valence-corrected chi connectivity index (χ3v) is 3.38. The first-order valence-electron chi connectivity index (χ1n) is 7.19. The molecule has 0 aliphatic carbocycles. The lowest BCUT2D eigenvalue weighted by Crippen LogP contribution is -2.24. The lowest BCUT2D eigenvalue weighted by molar-refractivity contribution is 0.562. The SMILES string of the molecule is CCCn1ncnc1CN(CC)c1ccc(CN)cc1. The second-order valence-electron chi connectivity index (χ2n) is 4.78. The summed E-state index contributed by atoms with van der Waals surface area (Å²) in [5.41, 5.74) is 7.98. The van der Waals surface area contributed by atoms with Gasteiger partial charge in [-0.1, -0.05) is 19.1 Å². The number of nitrogens with zero attached hydrogens (tertiary/aromatic N) is 4. The van der Waals surface area contributed by atoms with E-state index in [4.69, 9.17) is 5.73 Å². The molecule has 1 aromatic carbocycles. The zero-order chi connectivity index (χ0) is 14.4. The van der Waals surface area contributed by atoms with Crippen LogP contribution in [0.25, 0.3) is 0 Å². The number of nitrogens with two attached hydrogens (primary N) is 1. The minimum absolute atomic E-state index is 0.581. The topological polar surface area (TPSA) is 60.0 Å². The lowest BCUT2D eigenvalue weighted by Gasteiger charge is -2.23. The highest BCUT2D eigenvalue weighted by Gasteiger charge is 2.10. The van der Waals surface area contributed by atoms with Crippen molar-refractivity contribution in [2.24, 2.45) is 5.73 Å². The number of benzene rings is 1. The smallest absolute Gasteiger partial charge is 0.146 e. The predicted octanol–water partition coefficient (Wildman–Crippen LogP) is 2.17. The molecule has 2 rings (SSSR count). The van der Waals surface area contributed by atoms with Crippen LogP contribution in [0.3, 0.4) is 0 Å².